The van der Waals surface area contributed by atoms with Crippen molar-refractivity contribution in [2.24, 2.45) is 0 Å². The van der Waals surface area contributed by atoms with Crippen molar-refractivity contribution in [2.75, 3.05) is 0 Å². The van der Waals surface area contributed by atoms with Crippen LogP contribution in [0.2, 0.25) is 0 Å². The lowest BCUT2D eigenvalue weighted by Crippen LogP contribution is -1.92. The van der Waals surface area contributed by atoms with Gasteiger partial charge in [-0.25, -0.2) is 0 Å². The van der Waals surface area contributed by atoms with Crippen LogP contribution in [0.1, 0.15) is 20.6 Å². The van der Waals surface area contributed by atoms with Crippen LogP contribution in [0.5, 0.6) is 0 Å². The summed E-state index contributed by atoms with van der Waals surface area (Å²) in [5.41, 5.74) is 4.57. The minimum Gasteiger partial charge on any atom is -0.456 e. The Morgan fingerprint density at radius 1 is 0.316 bits per heavy atom. The first-order chi connectivity index (χ1) is 34.5. The van der Waals surface area contributed by atoms with Crippen LogP contribution >= 0.6 is 0 Å². The summed E-state index contributed by atoms with van der Waals surface area (Å²) in [6, 6.07) is 27.3. The van der Waals surface area contributed by atoms with Gasteiger partial charge >= 0.3 is 0 Å². The predicted molar refractivity (Wildman–Crippen MR) is 243 cm³/mol. The molecule has 0 saturated heterocycles. The molecule has 0 aliphatic rings. The molecule has 264 valence electrons. The van der Waals surface area contributed by atoms with E-state index < -0.39 is 107 Å². The Hall–Kier alpha value is -7.48. The Labute approximate surface area is 350 Å². The molecule has 0 N–H and O–H groups in total. The van der Waals surface area contributed by atoms with E-state index >= 15 is 0 Å². The van der Waals surface area contributed by atoms with E-state index in [0.717, 1.165) is 49.2 Å². The number of furan rings is 1. The van der Waals surface area contributed by atoms with E-state index in [1.165, 1.54) is 0 Å². The van der Waals surface area contributed by atoms with Crippen LogP contribution in [0.25, 0.3) is 120 Å². The highest BCUT2D eigenvalue weighted by Crippen LogP contribution is 2.47. The normalized spacial score (nSPS) is 15.5. The van der Waals surface area contributed by atoms with E-state index in [1.54, 1.807) is 6.07 Å². The van der Waals surface area contributed by atoms with Crippen molar-refractivity contribution < 1.29 is 25.0 Å². The van der Waals surface area contributed by atoms with Crippen LogP contribution in [0.15, 0.2) is 210 Å². The summed E-state index contributed by atoms with van der Waals surface area (Å²) in [5, 5.41) is 3.66. The third-order valence-corrected chi connectivity index (χ3v) is 11.0. The van der Waals surface area contributed by atoms with E-state index in [1.807, 2.05) is 72.8 Å². The Morgan fingerprint density at radius 3 is 1.72 bits per heavy atom. The van der Waals surface area contributed by atoms with Gasteiger partial charge in [-0.05, 0) is 123 Å². The lowest BCUT2D eigenvalue weighted by Gasteiger charge is -2.19. The van der Waals surface area contributed by atoms with Crippen molar-refractivity contribution in [2.45, 2.75) is 0 Å². The summed E-state index contributed by atoms with van der Waals surface area (Å²) in [5.74, 6) is 0. The van der Waals surface area contributed by atoms with Crippen molar-refractivity contribution in [1.82, 2.24) is 0 Å². The molecule has 1 nitrogen and oxygen atoms in total. The van der Waals surface area contributed by atoms with Crippen LogP contribution in [-0.4, -0.2) is 0 Å². The molecule has 1 heterocycles. The van der Waals surface area contributed by atoms with Gasteiger partial charge in [-0.15, -0.1) is 0 Å². The van der Waals surface area contributed by atoms with E-state index in [0.29, 0.717) is 22.1 Å². The zero-order valence-corrected chi connectivity index (χ0v) is 29.9. The molecule has 0 aliphatic heterocycles. The van der Waals surface area contributed by atoms with E-state index in [4.69, 9.17) is 18.1 Å². The molecule has 0 aliphatic carbocycles. The molecular weight excluding hydrogens is 689 g/mol. The van der Waals surface area contributed by atoms with Crippen molar-refractivity contribution in [3.05, 3.63) is 206 Å². The molecule has 0 amide bonds. The van der Waals surface area contributed by atoms with Crippen LogP contribution in [0.4, 0.5) is 0 Å². The number of rotatable bonds is 4. The summed E-state index contributed by atoms with van der Waals surface area (Å²) in [4.78, 5) is 0. The average molecular weight is 738 g/mol. The standard InChI is InChI=1S/C56H34O/c1-3-18-40-35(13-1)15-10-25-43(40)45-27-12-28-53-56(45)51-33-38(31-32-52(51)57-53)42-24-9-17-37-29-30-39(34-50(37)42)54-46-20-5-7-22-48(46)55(49-23-8-6-21-47(49)54)44-26-11-16-36-14-2-4-19-41(36)44/h1-34H/i2D,4D,5D,6D,7D,8D,11D,14D,16D,19D,20D,21D,22D,23D,26D. The second-order valence-electron chi connectivity index (χ2n) is 14.0. The first-order valence-corrected chi connectivity index (χ1v) is 18.4. The molecular formula is C56H34O. The maximum Gasteiger partial charge on any atom is 0.136 e. The summed E-state index contributed by atoms with van der Waals surface area (Å²) in [6.45, 7) is 0. The van der Waals surface area contributed by atoms with Crippen molar-refractivity contribution >= 4 is 75.8 Å². The predicted octanol–water partition coefficient (Wildman–Crippen LogP) is 16.0. The lowest BCUT2D eigenvalue weighted by atomic mass is 9.84. The molecule has 1 heteroatoms. The Kier molecular flexibility index (Phi) is 4.49. The number of hydrogen-bond acceptors (Lipinski definition) is 1. The van der Waals surface area contributed by atoms with Gasteiger partial charge in [-0.3, -0.25) is 0 Å². The van der Waals surface area contributed by atoms with E-state index in [2.05, 4.69) is 36.4 Å². The van der Waals surface area contributed by atoms with Crippen LogP contribution < -0.4 is 0 Å². The number of hydrogen-bond donors (Lipinski definition) is 0. The van der Waals surface area contributed by atoms with E-state index in [-0.39, 0.29) is 32.7 Å². The zero-order valence-electron chi connectivity index (χ0n) is 44.9. The Balaban J connectivity index is 1.20. The van der Waals surface area contributed by atoms with Crippen LogP contribution in [-0.2, 0) is 0 Å². The van der Waals surface area contributed by atoms with Gasteiger partial charge in [0.25, 0.3) is 0 Å². The topological polar surface area (TPSA) is 13.1 Å². The monoisotopic (exact) mass is 737 g/mol. The maximum absolute atomic E-state index is 9.57. The maximum atomic E-state index is 9.57. The highest BCUT2D eigenvalue weighted by Gasteiger charge is 2.20. The van der Waals surface area contributed by atoms with Gasteiger partial charge in [0.1, 0.15) is 11.2 Å². The first kappa shape index (κ1) is 20.4. The van der Waals surface area contributed by atoms with Gasteiger partial charge in [0, 0.05) is 10.8 Å². The van der Waals surface area contributed by atoms with Crippen molar-refractivity contribution in [3.8, 4) is 44.5 Å². The molecule has 12 rings (SSSR count). The smallest absolute Gasteiger partial charge is 0.136 e. The average Bonchev–Trinajstić information content (AvgIpc) is 3.78. The van der Waals surface area contributed by atoms with Gasteiger partial charge in [-0.2, -0.15) is 0 Å². The molecule has 1 aromatic heterocycles. The minimum atomic E-state index is -0.761. The molecule has 57 heavy (non-hydrogen) atoms. The lowest BCUT2D eigenvalue weighted by molar-refractivity contribution is 0.669. The fourth-order valence-corrected chi connectivity index (χ4v) is 8.52. The molecule has 0 atom stereocenters. The van der Waals surface area contributed by atoms with Gasteiger partial charge in [0.15, 0.2) is 0 Å². The Morgan fingerprint density at radius 2 is 0.912 bits per heavy atom. The molecule has 0 unspecified atom stereocenters. The highest BCUT2D eigenvalue weighted by molar-refractivity contribution is 6.24. The highest BCUT2D eigenvalue weighted by atomic mass is 16.3. The quantitative estimate of drug-likeness (QED) is 0.164. The number of benzene rings is 11. The summed E-state index contributed by atoms with van der Waals surface area (Å²) < 4.78 is 143. The minimum absolute atomic E-state index is 0.0245. The molecule has 0 saturated carbocycles. The largest absolute Gasteiger partial charge is 0.456 e. The van der Waals surface area contributed by atoms with Gasteiger partial charge < -0.3 is 4.42 Å². The van der Waals surface area contributed by atoms with Gasteiger partial charge in [-0.1, -0.05) is 182 Å². The third kappa shape index (κ3) is 4.89. The molecule has 0 bridgehead atoms. The fourth-order valence-electron chi connectivity index (χ4n) is 8.52. The molecule has 0 radical (unpaired) electrons. The molecule has 12 aromatic rings. The van der Waals surface area contributed by atoms with Crippen LogP contribution in [0, 0.1) is 0 Å². The van der Waals surface area contributed by atoms with E-state index in [9.17, 15) is 6.85 Å². The van der Waals surface area contributed by atoms with Crippen LogP contribution in [0.3, 0.4) is 0 Å². The van der Waals surface area contributed by atoms with Gasteiger partial charge in [0.05, 0.1) is 20.6 Å². The van der Waals surface area contributed by atoms with Gasteiger partial charge in [0.2, 0.25) is 0 Å². The molecule has 0 fully saturated rings. The second kappa shape index (κ2) is 12.5. The van der Waals surface area contributed by atoms with Crippen molar-refractivity contribution in [3.63, 3.8) is 0 Å². The second-order valence-corrected chi connectivity index (χ2v) is 14.0. The van der Waals surface area contributed by atoms with Crippen molar-refractivity contribution in [1.29, 1.82) is 0 Å². The molecule has 0 spiro atoms. The number of fused-ring (bicyclic) bond motifs is 8. The summed E-state index contributed by atoms with van der Waals surface area (Å²) >= 11 is 0. The fraction of sp³-hybridized carbons (Fsp3) is 0. The first-order valence-electron chi connectivity index (χ1n) is 25.9. The third-order valence-electron chi connectivity index (χ3n) is 11.0. The zero-order chi connectivity index (χ0) is 50.5. The Bertz CT molecular complexity index is 4370. The molecule has 11 aromatic carbocycles. The summed E-state index contributed by atoms with van der Waals surface area (Å²) in [7, 11) is 0. The summed E-state index contributed by atoms with van der Waals surface area (Å²) in [6.07, 6.45) is 0. The SMILES string of the molecule is [2H]c1c([2H])c([2H])c2c(-c3c4c([2H])c([2H])c([2H])c([2H])c4c(-c4ccc5cccc(-c6ccc7oc8cccc(-c9cccc%10ccccc9%10)c8c7c6)c5c4)c4c([2H])c([2H])c([2H])c([2H])c34)c([2H])c([2H])c([2H])c2c1[2H].